The molecule has 0 aromatic carbocycles. The molecule has 54 valence electrons. The second-order valence-electron chi connectivity index (χ2n) is 1.33. The van der Waals surface area contributed by atoms with Crippen molar-refractivity contribution >= 4 is 5.97 Å². The van der Waals surface area contributed by atoms with Crippen molar-refractivity contribution in [3.63, 3.8) is 0 Å². The quantitative estimate of drug-likeness (QED) is 0.289. The van der Waals surface area contributed by atoms with E-state index in [1.807, 2.05) is 0 Å². The van der Waals surface area contributed by atoms with Gasteiger partial charge in [-0.3, -0.25) is 4.89 Å². The molecule has 0 aliphatic heterocycles. The maximum absolute atomic E-state index is 10.2. The second-order valence-corrected chi connectivity index (χ2v) is 1.33. The van der Waals surface area contributed by atoms with Crippen LogP contribution >= 0.6 is 0 Å². The molecule has 0 aliphatic rings. The Balaban J connectivity index is 3.28. The predicted molar refractivity (Wildman–Crippen MR) is 25.9 cm³/mol. The summed E-state index contributed by atoms with van der Waals surface area (Å²) in [6.45, 7) is 0.515. The van der Waals surface area contributed by atoms with Gasteiger partial charge in [0.15, 0.2) is 12.9 Å². The minimum atomic E-state index is -1.23. The van der Waals surface area contributed by atoms with Crippen molar-refractivity contribution in [3.8, 4) is 0 Å². The Kier molecular flexibility index (Phi) is 3.94. The summed E-state index contributed by atoms with van der Waals surface area (Å²) in [6, 6.07) is 0. The Morgan fingerprint density at radius 2 is 2.33 bits per heavy atom. The van der Waals surface area contributed by atoms with Crippen molar-refractivity contribution in [2.75, 3.05) is 6.79 Å². The molecule has 0 amide bonds. The van der Waals surface area contributed by atoms with E-state index in [1.165, 1.54) is 6.92 Å². The molecule has 0 aromatic heterocycles. The lowest BCUT2D eigenvalue weighted by molar-refractivity contribution is -0.306. The molecule has 1 unspecified atom stereocenters. The molecule has 5 heteroatoms. The number of hydrogen-bond acceptors (Lipinski definition) is 5. The number of rotatable bonds is 3. The van der Waals surface area contributed by atoms with Crippen LogP contribution in [0.15, 0.2) is 0 Å². The summed E-state index contributed by atoms with van der Waals surface area (Å²) >= 11 is 0. The van der Waals surface area contributed by atoms with Gasteiger partial charge in [-0.25, -0.2) is 4.79 Å². The Morgan fingerprint density at radius 1 is 1.78 bits per heavy atom. The number of aliphatic hydroxyl groups is 2. The van der Waals surface area contributed by atoms with E-state index in [-0.39, 0.29) is 0 Å². The van der Waals surface area contributed by atoms with E-state index in [2.05, 4.69) is 9.78 Å². The minimum Gasteiger partial charge on any atom is -0.382 e. The van der Waals surface area contributed by atoms with Crippen LogP contribution < -0.4 is 0 Å². The molecule has 0 saturated heterocycles. The van der Waals surface area contributed by atoms with Crippen LogP contribution in [0.1, 0.15) is 6.92 Å². The maximum Gasteiger partial charge on any atom is 0.370 e. The van der Waals surface area contributed by atoms with Crippen molar-refractivity contribution in [1.82, 2.24) is 0 Å². The van der Waals surface area contributed by atoms with Gasteiger partial charge in [-0.1, -0.05) is 0 Å². The van der Waals surface area contributed by atoms with Gasteiger partial charge < -0.3 is 10.2 Å². The van der Waals surface area contributed by atoms with Crippen LogP contribution in [0, 0.1) is 0 Å². The van der Waals surface area contributed by atoms with Crippen LogP contribution in [0.25, 0.3) is 0 Å². The molecule has 9 heavy (non-hydrogen) atoms. The zero-order valence-electron chi connectivity index (χ0n) is 4.90. The fraction of sp³-hybridized carbons (Fsp3) is 0.750. The molecule has 5 nitrogen and oxygen atoms in total. The van der Waals surface area contributed by atoms with E-state index in [9.17, 15) is 4.79 Å². The Morgan fingerprint density at radius 3 is 2.67 bits per heavy atom. The molecule has 0 radical (unpaired) electrons. The third-order valence-corrected chi connectivity index (χ3v) is 0.535. The Labute approximate surface area is 51.7 Å². The van der Waals surface area contributed by atoms with Crippen LogP contribution in [0.5, 0.6) is 0 Å². The van der Waals surface area contributed by atoms with Crippen molar-refractivity contribution in [2.45, 2.75) is 13.0 Å². The first-order valence-electron chi connectivity index (χ1n) is 2.30. The van der Waals surface area contributed by atoms with Crippen molar-refractivity contribution in [1.29, 1.82) is 0 Å². The smallest absolute Gasteiger partial charge is 0.370 e. The topological polar surface area (TPSA) is 76.0 Å². The fourth-order valence-electron chi connectivity index (χ4n) is 0.154. The van der Waals surface area contributed by atoms with Gasteiger partial charge in [-0.05, 0) is 6.92 Å². The number of hydrogen-bond donors (Lipinski definition) is 2. The average molecular weight is 136 g/mol. The summed E-state index contributed by atoms with van der Waals surface area (Å²) in [5.41, 5.74) is 0. The summed E-state index contributed by atoms with van der Waals surface area (Å²) in [5.74, 6) is -0.927. The SMILES string of the molecule is CC(O)C(=O)OOCO. The van der Waals surface area contributed by atoms with Crippen LogP contribution in [-0.2, 0) is 14.6 Å². The summed E-state index contributed by atoms with van der Waals surface area (Å²) in [4.78, 5) is 17.8. The van der Waals surface area contributed by atoms with Crippen LogP contribution in [0.4, 0.5) is 0 Å². The lowest BCUT2D eigenvalue weighted by Crippen LogP contribution is -2.19. The molecule has 0 aromatic rings. The lowest BCUT2D eigenvalue weighted by atomic mass is 10.4. The molecule has 2 N–H and O–H groups in total. The van der Waals surface area contributed by atoms with E-state index >= 15 is 0 Å². The molecule has 0 spiro atoms. The summed E-state index contributed by atoms with van der Waals surface area (Å²) in [7, 11) is 0. The lowest BCUT2D eigenvalue weighted by Gasteiger charge is -2.00. The standard InChI is InChI=1S/C4H8O5/c1-3(6)4(7)9-8-2-5/h3,5-6H,2H2,1H3. The predicted octanol–water partition coefficient (Wildman–Crippen LogP) is -1.21. The molecule has 1 atom stereocenters. The summed E-state index contributed by atoms with van der Waals surface area (Å²) < 4.78 is 0. The van der Waals surface area contributed by atoms with E-state index in [1.54, 1.807) is 0 Å². The second kappa shape index (κ2) is 4.25. The van der Waals surface area contributed by atoms with E-state index in [0.717, 1.165) is 0 Å². The largest absolute Gasteiger partial charge is 0.382 e. The molecular weight excluding hydrogens is 128 g/mol. The van der Waals surface area contributed by atoms with Crippen molar-refractivity contribution < 1.29 is 24.8 Å². The number of carbonyl (C=O) groups excluding carboxylic acids is 1. The van der Waals surface area contributed by atoms with Gasteiger partial charge in [0.05, 0.1) is 0 Å². The zero-order valence-corrected chi connectivity index (χ0v) is 4.90. The number of aliphatic hydroxyl groups excluding tert-OH is 2. The van der Waals surface area contributed by atoms with Gasteiger partial charge in [-0.2, -0.15) is 4.89 Å². The van der Waals surface area contributed by atoms with Crippen molar-refractivity contribution in [3.05, 3.63) is 0 Å². The highest BCUT2D eigenvalue weighted by molar-refractivity contribution is 5.73. The normalized spacial score (nSPS) is 12.8. The van der Waals surface area contributed by atoms with Crippen LogP contribution in [0.2, 0.25) is 0 Å². The third kappa shape index (κ3) is 3.89. The highest BCUT2D eigenvalue weighted by Gasteiger charge is 2.10. The van der Waals surface area contributed by atoms with Gasteiger partial charge >= 0.3 is 5.97 Å². The average Bonchev–Trinajstić information content (AvgIpc) is 1.82. The van der Waals surface area contributed by atoms with Gasteiger partial charge in [0.1, 0.15) is 0 Å². The molecular formula is C4H8O5. The Hall–Kier alpha value is -0.650. The highest BCUT2D eigenvalue weighted by Crippen LogP contribution is 1.85. The van der Waals surface area contributed by atoms with Gasteiger partial charge in [-0.15, -0.1) is 0 Å². The van der Waals surface area contributed by atoms with Crippen LogP contribution in [0.3, 0.4) is 0 Å². The van der Waals surface area contributed by atoms with E-state index < -0.39 is 18.9 Å². The molecule has 0 saturated carbocycles. The van der Waals surface area contributed by atoms with Crippen molar-refractivity contribution in [2.24, 2.45) is 0 Å². The van der Waals surface area contributed by atoms with Crippen LogP contribution in [-0.4, -0.2) is 29.1 Å². The minimum absolute atomic E-state index is 0.710. The first kappa shape index (κ1) is 8.35. The van der Waals surface area contributed by atoms with Gasteiger partial charge in [0, 0.05) is 0 Å². The zero-order chi connectivity index (χ0) is 7.28. The molecule has 0 heterocycles. The Bertz CT molecular complexity index is 89.0. The van der Waals surface area contributed by atoms with E-state index in [4.69, 9.17) is 10.2 Å². The highest BCUT2D eigenvalue weighted by atomic mass is 17.2. The fourth-order valence-corrected chi connectivity index (χ4v) is 0.154. The first-order chi connectivity index (χ1) is 4.18. The number of carbonyl (C=O) groups is 1. The van der Waals surface area contributed by atoms with Gasteiger partial charge in [0.25, 0.3) is 0 Å². The monoisotopic (exact) mass is 136 g/mol. The molecule has 0 fully saturated rings. The third-order valence-electron chi connectivity index (χ3n) is 0.535. The van der Waals surface area contributed by atoms with Gasteiger partial charge in [0.2, 0.25) is 0 Å². The molecule has 0 aliphatic carbocycles. The molecule has 0 bridgehead atoms. The first-order valence-corrected chi connectivity index (χ1v) is 2.30. The summed E-state index contributed by atoms with van der Waals surface area (Å²) in [5, 5.41) is 16.3. The maximum atomic E-state index is 10.2. The summed E-state index contributed by atoms with van der Waals surface area (Å²) in [6.07, 6.45) is -1.23. The molecule has 0 rings (SSSR count). The van der Waals surface area contributed by atoms with E-state index in [0.29, 0.717) is 0 Å².